The Kier molecular flexibility index (Phi) is 4.93. The quantitative estimate of drug-likeness (QED) is 0.438. The Labute approximate surface area is 171 Å². The van der Waals surface area contributed by atoms with Gasteiger partial charge in [-0.25, -0.2) is 4.79 Å². The van der Waals surface area contributed by atoms with Gasteiger partial charge >= 0.3 is 5.97 Å². The van der Waals surface area contributed by atoms with Crippen LogP contribution in [-0.2, 0) is 4.74 Å². The molecule has 0 aliphatic carbocycles. The fourth-order valence-corrected chi connectivity index (χ4v) is 4.16. The second-order valence-electron chi connectivity index (χ2n) is 7.10. The predicted octanol–water partition coefficient (Wildman–Crippen LogP) is 5.10. The zero-order chi connectivity index (χ0) is 19.8. The molecule has 2 aromatic heterocycles. The van der Waals surface area contributed by atoms with Gasteiger partial charge in [0.2, 0.25) is 0 Å². The molecule has 28 heavy (non-hydrogen) atoms. The number of nitrogens with zero attached hydrogens (tertiary/aromatic N) is 3. The molecule has 4 aromatic rings. The van der Waals surface area contributed by atoms with Gasteiger partial charge in [-0.1, -0.05) is 29.8 Å². The smallest absolute Gasteiger partial charge is 0.338 e. The summed E-state index contributed by atoms with van der Waals surface area (Å²) >= 11 is 3.62. The highest BCUT2D eigenvalue weighted by Gasteiger charge is 2.24. The van der Waals surface area contributed by atoms with E-state index in [9.17, 15) is 4.79 Å². The van der Waals surface area contributed by atoms with Gasteiger partial charge in [-0.05, 0) is 43.2 Å². The van der Waals surface area contributed by atoms with E-state index in [1.165, 1.54) is 0 Å². The van der Waals surface area contributed by atoms with Gasteiger partial charge in [-0.2, -0.15) is 10.2 Å². The molecule has 0 aliphatic rings. The van der Waals surface area contributed by atoms with Gasteiger partial charge in [0.25, 0.3) is 0 Å². The number of rotatable bonds is 5. The van der Waals surface area contributed by atoms with Crippen molar-refractivity contribution < 1.29 is 9.53 Å². The molecule has 6 nitrogen and oxygen atoms in total. The standard InChI is InChI=1S/C21H21BrN4O2/c1-4-28-21(27)13-5-6-18-14(7-13)11-24-26(18)20(12(2)3)17-9-16(22)8-15-10-23-25-19(15)17/h5-12,20H,4H2,1-3H3,(H,23,25). The molecule has 0 radical (unpaired) electrons. The van der Waals surface area contributed by atoms with E-state index in [1.807, 2.05) is 29.1 Å². The minimum atomic E-state index is -0.316. The third-order valence-corrected chi connectivity index (χ3v) is 5.32. The highest BCUT2D eigenvalue weighted by molar-refractivity contribution is 9.10. The molecule has 0 aliphatic heterocycles. The Morgan fingerprint density at radius 1 is 1.21 bits per heavy atom. The first-order chi connectivity index (χ1) is 13.5. The van der Waals surface area contributed by atoms with Crippen molar-refractivity contribution in [2.24, 2.45) is 5.92 Å². The average molecular weight is 441 g/mol. The lowest BCUT2D eigenvalue weighted by molar-refractivity contribution is 0.0526. The number of fused-ring (bicyclic) bond motifs is 2. The minimum Gasteiger partial charge on any atom is -0.462 e. The van der Waals surface area contributed by atoms with Gasteiger partial charge in [-0.3, -0.25) is 9.78 Å². The molecule has 7 heteroatoms. The fourth-order valence-electron chi connectivity index (χ4n) is 3.67. The Morgan fingerprint density at radius 3 is 2.79 bits per heavy atom. The number of ether oxygens (including phenoxy) is 1. The van der Waals surface area contributed by atoms with Crippen LogP contribution in [0.5, 0.6) is 0 Å². The summed E-state index contributed by atoms with van der Waals surface area (Å²) in [4.78, 5) is 12.0. The summed E-state index contributed by atoms with van der Waals surface area (Å²) in [5, 5.41) is 14.0. The predicted molar refractivity (Wildman–Crippen MR) is 112 cm³/mol. The zero-order valence-corrected chi connectivity index (χ0v) is 17.5. The Bertz CT molecular complexity index is 1160. The van der Waals surface area contributed by atoms with Gasteiger partial charge in [0.05, 0.1) is 41.6 Å². The lowest BCUT2D eigenvalue weighted by Gasteiger charge is -2.24. The van der Waals surface area contributed by atoms with Crippen LogP contribution in [0.2, 0.25) is 0 Å². The maximum atomic E-state index is 12.0. The lowest BCUT2D eigenvalue weighted by Crippen LogP contribution is -2.18. The second kappa shape index (κ2) is 7.39. The maximum Gasteiger partial charge on any atom is 0.338 e. The lowest BCUT2D eigenvalue weighted by atomic mass is 9.94. The topological polar surface area (TPSA) is 72.8 Å². The van der Waals surface area contributed by atoms with Crippen LogP contribution in [0, 0.1) is 5.92 Å². The number of aromatic amines is 1. The third kappa shape index (κ3) is 3.20. The number of H-pyrrole nitrogens is 1. The molecule has 1 N–H and O–H groups in total. The van der Waals surface area contributed by atoms with Gasteiger partial charge in [0, 0.05) is 20.8 Å². The van der Waals surface area contributed by atoms with E-state index >= 15 is 0 Å². The highest BCUT2D eigenvalue weighted by atomic mass is 79.9. The first-order valence-corrected chi connectivity index (χ1v) is 10.1. The van der Waals surface area contributed by atoms with Gasteiger partial charge < -0.3 is 4.74 Å². The van der Waals surface area contributed by atoms with E-state index in [-0.39, 0.29) is 17.9 Å². The van der Waals surface area contributed by atoms with Crippen LogP contribution in [0.25, 0.3) is 21.8 Å². The molecule has 1 unspecified atom stereocenters. The SMILES string of the molecule is CCOC(=O)c1ccc2c(cnn2C(c2cc(Br)cc3cn[nH]c23)C(C)C)c1. The van der Waals surface area contributed by atoms with Crippen LogP contribution in [0.15, 0.2) is 47.2 Å². The van der Waals surface area contributed by atoms with Crippen molar-refractivity contribution in [2.75, 3.05) is 6.61 Å². The summed E-state index contributed by atoms with van der Waals surface area (Å²) in [7, 11) is 0. The molecule has 0 saturated heterocycles. The van der Waals surface area contributed by atoms with Crippen LogP contribution in [-0.4, -0.2) is 32.6 Å². The van der Waals surface area contributed by atoms with E-state index in [2.05, 4.69) is 51.1 Å². The number of aromatic nitrogens is 4. The van der Waals surface area contributed by atoms with Crippen molar-refractivity contribution in [2.45, 2.75) is 26.8 Å². The molecular formula is C21H21BrN4O2. The van der Waals surface area contributed by atoms with E-state index in [0.29, 0.717) is 12.2 Å². The Hall–Kier alpha value is -2.67. The number of benzene rings is 2. The van der Waals surface area contributed by atoms with Gasteiger partial charge in [-0.15, -0.1) is 0 Å². The van der Waals surface area contributed by atoms with E-state index in [0.717, 1.165) is 31.8 Å². The molecular weight excluding hydrogens is 420 g/mol. The summed E-state index contributed by atoms with van der Waals surface area (Å²) in [6, 6.07) is 9.74. The number of hydrogen-bond donors (Lipinski definition) is 1. The molecule has 2 heterocycles. The van der Waals surface area contributed by atoms with E-state index < -0.39 is 0 Å². The Morgan fingerprint density at radius 2 is 2.04 bits per heavy atom. The molecule has 0 fully saturated rings. The number of esters is 1. The van der Waals surface area contributed by atoms with Gasteiger partial charge in [0.15, 0.2) is 0 Å². The summed E-state index contributed by atoms with van der Waals surface area (Å²) in [5.74, 6) is -0.0302. The van der Waals surface area contributed by atoms with E-state index in [1.54, 1.807) is 19.2 Å². The molecule has 0 saturated carbocycles. The number of hydrogen-bond acceptors (Lipinski definition) is 4. The molecule has 2 aromatic carbocycles. The first kappa shape index (κ1) is 18.7. The van der Waals surface area contributed by atoms with Crippen molar-refractivity contribution >= 4 is 43.7 Å². The number of carbonyl (C=O) groups is 1. The molecule has 0 spiro atoms. The summed E-state index contributed by atoms with van der Waals surface area (Å²) in [6.07, 6.45) is 3.63. The zero-order valence-electron chi connectivity index (χ0n) is 15.9. The van der Waals surface area contributed by atoms with E-state index in [4.69, 9.17) is 4.74 Å². The van der Waals surface area contributed by atoms with Crippen LogP contribution in [0.3, 0.4) is 0 Å². The minimum absolute atomic E-state index is 0.00592. The normalized spacial score (nSPS) is 12.8. The number of nitrogens with one attached hydrogen (secondary N) is 1. The van der Waals surface area contributed by atoms with Crippen molar-refractivity contribution in [3.8, 4) is 0 Å². The maximum absolute atomic E-state index is 12.0. The van der Waals surface area contributed by atoms with Crippen molar-refractivity contribution in [3.63, 3.8) is 0 Å². The average Bonchev–Trinajstić information content (AvgIpc) is 3.28. The van der Waals surface area contributed by atoms with Crippen molar-refractivity contribution in [1.29, 1.82) is 0 Å². The molecule has 144 valence electrons. The molecule has 1 atom stereocenters. The van der Waals surface area contributed by atoms with Crippen LogP contribution >= 0.6 is 15.9 Å². The van der Waals surface area contributed by atoms with Crippen molar-refractivity contribution in [3.05, 3.63) is 58.3 Å². The van der Waals surface area contributed by atoms with Crippen LogP contribution in [0.4, 0.5) is 0 Å². The molecule has 4 rings (SSSR count). The van der Waals surface area contributed by atoms with Crippen LogP contribution < -0.4 is 0 Å². The van der Waals surface area contributed by atoms with Gasteiger partial charge in [0.1, 0.15) is 0 Å². The second-order valence-corrected chi connectivity index (χ2v) is 8.02. The Balaban J connectivity index is 1.86. The molecule has 0 bridgehead atoms. The summed E-state index contributed by atoms with van der Waals surface area (Å²) in [5.41, 5.74) is 3.64. The first-order valence-electron chi connectivity index (χ1n) is 9.26. The number of carbonyl (C=O) groups excluding carboxylic acids is 1. The fraction of sp³-hybridized carbons (Fsp3) is 0.286. The number of halogens is 1. The highest BCUT2D eigenvalue weighted by Crippen LogP contribution is 2.35. The summed E-state index contributed by atoms with van der Waals surface area (Å²) < 4.78 is 8.14. The van der Waals surface area contributed by atoms with Crippen LogP contribution in [0.1, 0.15) is 42.7 Å². The third-order valence-electron chi connectivity index (χ3n) is 4.86. The molecule has 0 amide bonds. The largest absolute Gasteiger partial charge is 0.462 e. The summed E-state index contributed by atoms with van der Waals surface area (Å²) in [6.45, 7) is 6.51. The monoisotopic (exact) mass is 440 g/mol. The van der Waals surface area contributed by atoms with Crippen molar-refractivity contribution in [1.82, 2.24) is 20.0 Å².